The van der Waals surface area contributed by atoms with Crippen molar-refractivity contribution in [3.8, 4) is 0 Å². The summed E-state index contributed by atoms with van der Waals surface area (Å²) in [5.74, 6) is 0. The topological polar surface area (TPSA) is 33.3 Å². The Kier molecular flexibility index (Phi) is 7.41. The molecule has 1 rings (SSSR count). The second-order valence-corrected chi connectivity index (χ2v) is 5.44. The third-order valence-corrected chi connectivity index (χ3v) is 3.23. The van der Waals surface area contributed by atoms with Gasteiger partial charge in [0.25, 0.3) is 0 Å². The van der Waals surface area contributed by atoms with Crippen molar-refractivity contribution in [1.82, 2.24) is 5.32 Å². The Bertz CT molecular complexity index is 483. The number of alkyl halides is 3. The summed E-state index contributed by atoms with van der Waals surface area (Å²) < 4.78 is 44.3. The number of ether oxygens (including phenoxy) is 1. The quantitative estimate of drug-likeness (QED) is 0.569. The van der Waals surface area contributed by atoms with Gasteiger partial charge in [-0.2, -0.15) is 13.2 Å². The highest BCUT2D eigenvalue weighted by Crippen LogP contribution is 2.36. The average Bonchev–Trinajstić information content (AvgIpc) is 2.39. The summed E-state index contributed by atoms with van der Waals surface area (Å²) in [5, 5.41) is 5.57. The number of halogens is 4. The van der Waals surface area contributed by atoms with Gasteiger partial charge in [0.2, 0.25) is 0 Å². The third-order valence-electron chi connectivity index (χ3n) is 2.49. The molecule has 21 heavy (non-hydrogen) atoms. The Balaban J connectivity index is 2.60. The van der Waals surface area contributed by atoms with Crippen molar-refractivity contribution in [3.05, 3.63) is 28.2 Å². The van der Waals surface area contributed by atoms with Gasteiger partial charge in [0, 0.05) is 24.2 Å². The Morgan fingerprint density at radius 1 is 1.38 bits per heavy atom. The molecule has 1 aromatic carbocycles. The first-order valence-corrected chi connectivity index (χ1v) is 7.54. The molecule has 0 heterocycles. The summed E-state index contributed by atoms with van der Waals surface area (Å²) >= 11 is 8.02. The summed E-state index contributed by atoms with van der Waals surface area (Å²) in [6.45, 7) is 3.64. The van der Waals surface area contributed by atoms with E-state index in [-0.39, 0.29) is 10.8 Å². The van der Waals surface area contributed by atoms with Gasteiger partial charge in [0.05, 0.1) is 11.3 Å². The van der Waals surface area contributed by atoms with Crippen LogP contribution in [0.1, 0.15) is 18.9 Å². The molecule has 0 bridgehead atoms. The van der Waals surface area contributed by atoms with Gasteiger partial charge in [-0.3, -0.25) is 0 Å². The first-order chi connectivity index (χ1) is 9.84. The van der Waals surface area contributed by atoms with E-state index in [1.807, 2.05) is 6.92 Å². The first kappa shape index (κ1) is 18.2. The molecule has 8 heteroatoms. The van der Waals surface area contributed by atoms with Crippen molar-refractivity contribution in [2.75, 3.05) is 25.1 Å². The first-order valence-electron chi connectivity index (χ1n) is 6.34. The molecule has 0 radical (unpaired) electrons. The van der Waals surface area contributed by atoms with Crippen LogP contribution in [-0.4, -0.2) is 24.9 Å². The van der Waals surface area contributed by atoms with E-state index in [2.05, 4.69) is 26.6 Å². The number of hydrogen-bond acceptors (Lipinski definition) is 2. The molecule has 0 saturated carbocycles. The van der Waals surface area contributed by atoms with E-state index in [0.717, 1.165) is 12.5 Å². The zero-order chi connectivity index (χ0) is 15.9. The zero-order valence-corrected chi connectivity index (χ0v) is 13.8. The predicted octanol–water partition coefficient (Wildman–Crippen LogP) is 4.18. The normalized spacial score (nSPS) is 11.3. The number of thiocarbonyl (C=S) groups is 1. The van der Waals surface area contributed by atoms with E-state index in [0.29, 0.717) is 24.2 Å². The second-order valence-electron chi connectivity index (χ2n) is 4.12. The van der Waals surface area contributed by atoms with Crippen LogP contribution < -0.4 is 10.6 Å². The highest BCUT2D eigenvalue weighted by atomic mass is 79.9. The third kappa shape index (κ3) is 6.62. The van der Waals surface area contributed by atoms with Crippen molar-refractivity contribution < 1.29 is 17.9 Å². The summed E-state index contributed by atoms with van der Waals surface area (Å²) in [6.07, 6.45) is -3.72. The fourth-order valence-electron chi connectivity index (χ4n) is 1.55. The lowest BCUT2D eigenvalue weighted by molar-refractivity contribution is -0.136. The maximum absolute atomic E-state index is 12.9. The Morgan fingerprint density at radius 3 is 2.71 bits per heavy atom. The summed E-state index contributed by atoms with van der Waals surface area (Å²) in [7, 11) is 0. The van der Waals surface area contributed by atoms with Crippen LogP contribution in [-0.2, 0) is 10.9 Å². The number of rotatable bonds is 6. The molecule has 118 valence electrons. The molecular formula is C13H16BrF3N2OS. The number of hydrogen-bond donors (Lipinski definition) is 2. The molecule has 0 aliphatic rings. The molecular weight excluding hydrogens is 369 g/mol. The summed E-state index contributed by atoms with van der Waals surface area (Å²) in [6, 6.07) is 3.87. The van der Waals surface area contributed by atoms with Crippen LogP contribution >= 0.6 is 28.1 Å². The predicted molar refractivity (Wildman–Crippen MR) is 84.5 cm³/mol. The molecule has 0 saturated heterocycles. The molecule has 0 spiro atoms. The highest BCUT2D eigenvalue weighted by molar-refractivity contribution is 9.10. The van der Waals surface area contributed by atoms with Crippen molar-refractivity contribution in [2.24, 2.45) is 0 Å². The largest absolute Gasteiger partial charge is 0.418 e. The average molecular weight is 385 g/mol. The van der Waals surface area contributed by atoms with Crippen molar-refractivity contribution >= 4 is 38.9 Å². The van der Waals surface area contributed by atoms with E-state index in [4.69, 9.17) is 17.0 Å². The van der Waals surface area contributed by atoms with E-state index in [9.17, 15) is 13.2 Å². The molecule has 0 fully saturated rings. The minimum atomic E-state index is -4.45. The van der Waals surface area contributed by atoms with E-state index < -0.39 is 11.7 Å². The molecule has 2 N–H and O–H groups in total. The molecule has 0 amide bonds. The molecule has 0 aliphatic carbocycles. The fraction of sp³-hybridized carbons (Fsp3) is 0.462. The molecule has 0 atom stereocenters. The lowest BCUT2D eigenvalue weighted by Gasteiger charge is -2.16. The molecule has 1 aromatic rings. The smallest absolute Gasteiger partial charge is 0.382 e. The van der Waals surface area contributed by atoms with Crippen LogP contribution in [0.25, 0.3) is 0 Å². The fourth-order valence-corrected chi connectivity index (χ4v) is 2.12. The van der Waals surface area contributed by atoms with Crippen molar-refractivity contribution in [3.63, 3.8) is 0 Å². The van der Waals surface area contributed by atoms with Crippen LogP contribution in [0.4, 0.5) is 18.9 Å². The van der Waals surface area contributed by atoms with Gasteiger partial charge >= 0.3 is 6.18 Å². The highest BCUT2D eigenvalue weighted by Gasteiger charge is 2.33. The lowest BCUT2D eigenvalue weighted by Crippen LogP contribution is -2.30. The van der Waals surface area contributed by atoms with Crippen LogP contribution in [0.15, 0.2) is 22.7 Å². The summed E-state index contributed by atoms with van der Waals surface area (Å²) in [5.41, 5.74) is -0.844. The molecule has 0 unspecified atom stereocenters. The number of anilines is 1. The Labute approximate surface area is 135 Å². The minimum Gasteiger partial charge on any atom is -0.382 e. The molecule has 0 aromatic heterocycles. The zero-order valence-electron chi connectivity index (χ0n) is 11.4. The van der Waals surface area contributed by atoms with Gasteiger partial charge in [-0.25, -0.2) is 0 Å². The van der Waals surface area contributed by atoms with Crippen molar-refractivity contribution in [2.45, 2.75) is 19.5 Å². The SMILES string of the molecule is CCOCCCNC(=S)Nc1ccc(Br)cc1C(F)(F)F. The van der Waals surface area contributed by atoms with E-state index >= 15 is 0 Å². The van der Waals surface area contributed by atoms with Gasteiger partial charge < -0.3 is 15.4 Å². The van der Waals surface area contributed by atoms with Gasteiger partial charge in [0.1, 0.15) is 0 Å². The summed E-state index contributed by atoms with van der Waals surface area (Å²) in [4.78, 5) is 0. The Morgan fingerprint density at radius 2 is 2.10 bits per heavy atom. The monoisotopic (exact) mass is 384 g/mol. The van der Waals surface area contributed by atoms with Crippen LogP contribution in [0.5, 0.6) is 0 Å². The van der Waals surface area contributed by atoms with Crippen LogP contribution in [0, 0.1) is 0 Å². The van der Waals surface area contributed by atoms with Crippen LogP contribution in [0.2, 0.25) is 0 Å². The maximum atomic E-state index is 12.9. The van der Waals surface area contributed by atoms with Gasteiger partial charge in [-0.15, -0.1) is 0 Å². The number of benzene rings is 1. The Hall–Kier alpha value is -0.860. The number of nitrogens with one attached hydrogen (secondary N) is 2. The minimum absolute atomic E-state index is 0.0759. The maximum Gasteiger partial charge on any atom is 0.418 e. The van der Waals surface area contributed by atoms with Gasteiger partial charge in [0.15, 0.2) is 5.11 Å². The molecule has 3 nitrogen and oxygen atoms in total. The van der Waals surface area contributed by atoms with Gasteiger partial charge in [-0.1, -0.05) is 15.9 Å². The van der Waals surface area contributed by atoms with Crippen LogP contribution in [0.3, 0.4) is 0 Å². The van der Waals surface area contributed by atoms with Crippen molar-refractivity contribution in [1.29, 1.82) is 0 Å². The standard InChI is InChI=1S/C13H16BrF3N2OS/c1-2-20-7-3-6-18-12(21)19-11-5-4-9(14)8-10(11)13(15,16)17/h4-5,8H,2-3,6-7H2,1H3,(H2,18,19,21). The molecule has 0 aliphatic heterocycles. The van der Waals surface area contributed by atoms with Gasteiger partial charge in [-0.05, 0) is 43.8 Å². The second kappa shape index (κ2) is 8.55. The van der Waals surface area contributed by atoms with E-state index in [1.54, 1.807) is 0 Å². The lowest BCUT2D eigenvalue weighted by atomic mass is 10.1. The van der Waals surface area contributed by atoms with E-state index in [1.165, 1.54) is 12.1 Å².